The van der Waals surface area contributed by atoms with Gasteiger partial charge in [-0.3, -0.25) is 0 Å². The van der Waals surface area contributed by atoms with Gasteiger partial charge in [-0.05, 0) is 52.3 Å². The highest BCUT2D eigenvalue weighted by Crippen LogP contribution is 2.36. The van der Waals surface area contributed by atoms with E-state index in [-0.39, 0.29) is 6.10 Å². The molecule has 1 amide bonds. The normalized spacial score (nSPS) is 23.2. The number of hydrogen-bond donors (Lipinski definition) is 1. The topological polar surface area (TPSA) is 66.0 Å². The summed E-state index contributed by atoms with van der Waals surface area (Å²) in [7, 11) is 1.61. The number of benzene rings is 1. The molecule has 26 heavy (non-hydrogen) atoms. The number of carbonyl (C=O) groups excluding carboxylic acids is 1. The molecule has 0 radical (unpaired) electrons. The molecular weight excluding hydrogens is 334 g/mol. The third-order valence-corrected chi connectivity index (χ3v) is 3.87. The van der Waals surface area contributed by atoms with Gasteiger partial charge in [-0.25, -0.2) is 4.79 Å². The van der Waals surface area contributed by atoms with Gasteiger partial charge in [-0.1, -0.05) is 18.2 Å². The van der Waals surface area contributed by atoms with E-state index in [0.717, 1.165) is 11.3 Å². The quantitative estimate of drug-likeness (QED) is 0.802. The van der Waals surface area contributed by atoms with Crippen molar-refractivity contribution in [2.75, 3.05) is 7.11 Å². The van der Waals surface area contributed by atoms with E-state index in [2.05, 4.69) is 11.9 Å². The van der Waals surface area contributed by atoms with Crippen molar-refractivity contribution >= 4 is 6.09 Å². The van der Waals surface area contributed by atoms with Crippen molar-refractivity contribution in [3.8, 4) is 5.75 Å². The maximum Gasteiger partial charge on any atom is 0.408 e. The second-order valence-corrected chi connectivity index (χ2v) is 7.70. The minimum atomic E-state index is -0.774. The molecule has 0 bridgehead atoms. The third kappa shape index (κ3) is 5.22. The molecule has 1 fully saturated rings. The van der Waals surface area contributed by atoms with E-state index in [4.69, 9.17) is 18.9 Å². The molecule has 1 heterocycles. The summed E-state index contributed by atoms with van der Waals surface area (Å²) in [4.78, 5) is 12.4. The molecule has 6 heteroatoms. The Morgan fingerprint density at radius 2 is 1.88 bits per heavy atom. The van der Waals surface area contributed by atoms with E-state index >= 15 is 0 Å². The van der Waals surface area contributed by atoms with Crippen LogP contribution in [0.2, 0.25) is 0 Å². The van der Waals surface area contributed by atoms with E-state index in [9.17, 15) is 4.79 Å². The van der Waals surface area contributed by atoms with Crippen LogP contribution in [0.3, 0.4) is 0 Å². The Kier molecular flexibility index (Phi) is 5.98. The zero-order valence-corrected chi connectivity index (χ0v) is 16.4. The van der Waals surface area contributed by atoms with Gasteiger partial charge in [-0.2, -0.15) is 0 Å². The van der Waals surface area contributed by atoms with Crippen molar-refractivity contribution in [3.63, 3.8) is 0 Å². The molecule has 6 nitrogen and oxygen atoms in total. The highest BCUT2D eigenvalue weighted by atomic mass is 16.8. The van der Waals surface area contributed by atoms with Crippen molar-refractivity contribution in [3.05, 3.63) is 42.5 Å². The zero-order chi connectivity index (χ0) is 19.5. The molecule has 144 valence electrons. The van der Waals surface area contributed by atoms with Crippen LogP contribution in [0.1, 0.15) is 46.2 Å². The standard InChI is InChI=1S/C20H29NO5/c1-8-15-17(25-20(5,6)24-15)16(21-18(22)26-19(2,3)4)13-9-11-14(23-7)12-10-13/h8-12,15-17H,1H2,2-7H3,(H,21,22)/t15-,16+,17+/m0/s1. The number of methoxy groups -OCH3 is 1. The van der Waals surface area contributed by atoms with Gasteiger partial charge in [0.2, 0.25) is 0 Å². The van der Waals surface area contributed by atoms with Crippen LogP contribution >= 0.6 is 0 Å². The summed E-state index contributed by atoms with van der Waals surface area (Å²) < 4.78 is 22.6. The average molecular weight is 363 g/mol. The monoisotopic (exact) mass is 363 g/mol. The summed E-state index contributed by atoms with van der Waals surface area (Å²) in [6.45, 7) is 13.0. The summed E-state index contributed by atoms with van der Waals surface area (Å²) in [5.74, 6) is -0.0434. The van der Waals surface area contributed by atoms with E-state index in [1.807, 2.05) is 58.9 Å². The van der Waals surface area contributed by atoms with Gasteiger partial charge in [0, 0.05) is 0 Å². The SMILES string of the molecule is C=C[C@@H]1OC(C)(C)O[C@H]1[C@H](NC(=O)OC(C)(C)C)c1ccc(OC)cc1. The fourth-order valence-corrected chi connectivity index (χ4v) is 2.86. The van der Waals surface area contributed by atoms with E-state index in [1.54, 1.807) is 13.2 Å². The number of ether oxygens (including phenoxy) is 4. The Bertz CT molecular complexity index is 633. The Morgan fingerprint density at radius 1 is 1.27 bits per heavy atom. The molecule has 0 saturated carbocycles. The van der Waals surface area contributed by atoms with Crippen LogP contribution in [-0.4, -0.2) is 36.8 Å². The van der Waals surface area contributed by atoms with Gasteiger partial charge in [-0.15, -0.1) is 6.58 Å². The number of hydrogen-bond acceptors (Lipinski definition) is 5. The first kappa shape index (κ1) is 20.3. The van der Waals surface area contributed by atoms with Crippen molar-refractivity contribution in [1.82, 2.24) is 5.32 Å². The molecule has 0 unspecified atom stereocenters. The first-order valence-corrected chi connectivity index (χ1v) is 8.66. The second kappa shape index (κ2) is 7.68. The van der Waals surface area contributed by atoms with Crippen LogP contribution in [0.25, 0.3) is 0 Å². The molecule has 2 rings (SSSR count). The maximum absolute atomic E-state index is 12.4. The summed E-state index contributed by atoms with van der Waals surface area (Å²) in [6.07, 6.45) is 0.358. The van der Waals surface area contributed by atoms with Crippen molar-refractivity contribution < 1.29 is 23.7 Å². The van der Waals surface area contributed by atoms with Crippen LogP contribution in [0.15, 0.2) is 36.9 Å². The van der Waals surface area contributed by atoms with Crippen LogP contribution in [0, 0.1) is 0 Å². The number of nitrogens with one attached hydrogen (secondary N) is 1. The van der Waals surface area contributed by atoms with Gasteiger partial charge >= 0.3 is 6.09 Å². The van der Waals surface area contributed by atoms with E-state index in [0.29, 0.717) is 0 Å². The second-order valence-electron chi connectivity index (χ2n) is 7.70. The van der Waals surface area contributed by atoms with Crippen molar-refractivity contribution in [1.29, 1.82) is 0 Å². The predicted molar refractivity (Wildman–Crippen MR) is 99.1 cm³/mol. The Labute approximate surface area is 155 Å². The lowest BCUT2D eigenvalue weighted by Crippen LogP contribution is -2.42. The van der Waals surface area contributed by atoms with Crippen LogP contribution in [-0.2, 0) is 14.2 Å². The lowest BCUT2D eigenvalue weighted by atomic mass is 9.97. The summed E-state index contributed by atoms with van der Waals surface area (Å²) in [6, 6.07) is 6.97. The lowest BCUT2D eigenvalue weighted by Gasteiger charge is -2.29. The molecule has 1 aliphatic rings. The number of carbonyl (C=O) groups is 1. The first-order chi connectivity index (χ1) is 12.0. The van der Waals surface area contributed by atoms with Crippen LogP contribution < -0.4 is 10.1 Å². The Balaban J connectivity index is 2.31. The van der Waals surface area contributed by atoms with Crippen molar-refractivity contribution in [2.24, 2.45) is 0 Å². The summed E-state index contributed by atoms with van der Waals surface area (Å²) in [5.41, 5.74) is 0.258. The van der Waals surface area contributed by atoms with Gasteiger partial charge in [0.15, 0.2) is 5.79 Å². The molecule has 0 spiro atoms. The van der Waals surface area contributed by atoms with Crippen LogP contribution in [0.5, 0.6) is 5.75 Å². The Hall–Kier alpha value is -2.05. The molecule has 1 aromatic rings. The van der Waals surface area contributed by atoms with Gasteiger partial charge in [0.25, 0.3) is 0 Å². The van der Waals surface area contributed by atoms with Crippen LogP contribution in [0.4, 0.5) is 4.79 Å². The molecule has 1 aliphatic heterocycles. The van der Waals surface area contributed by atoms with E-state index in [1.165, 1.54) is 0 Å². The average Bonchev–Trinajstić information content (AvgIpc) is 2.86. The molecule has 0 aromatic heterocycles. The smallest absolute Gasteiger partial charge is 0.408 e. The number of amides is 1. The minimum Gasteiger partial charge on any atom is -0.497 e. The maximum atomic E-state index is 12.4. The molecule has 3 atom stereocenters. The first-order valence-electron chi connectivity index (χ1n) is 8.66. The molecule has 1 aromatic carbocycles. The molecule has 1 N–H and O–H groups in total. The van der Waals surface area contributed by atoms with Crippen molar-refractivity contribution in [2.45, 2.75) is 64.3 Å². The van der Waals surface area contributed by atoms with Gasteiger partial charge < -0.3 is 24.3 Å². The number of rotatable bonds is 5. The number of alkyl carbamates (subject to hydrolysis) is 1. The predicted octanol–water partition coefficient (Wildman–Crippen LogP) is 3.97. The fourth-order valence-electron chi connectivity index (χ4n) is 2.86. The summed E-state index contributed by atoms with van der Waals surface area (Å²) >= 11 is 0. The summed E-state index contributed by atoms with van der Waals surface area (Å²) in [5, 5.41) is 2.92. The largest absolute Gasteiger partial charge is 0.497 e. The fraction of sp³-hybridized carbons (Fsp3) is 0.550. The Morgan fingerprint density at radius 3 is 2.38 bits per heavy atom. The van der Waals surface area contributed by atoms with Gasteiger partial charge in [0.05, 0.1) is 13.2 Å². The van der Waals surface area contributed by atoms with Gasteiger partial charge in [0.1, 0.15) is 23.6 Å². The lowest BCUT2D eigenvalue weighted by molar-refractivity contribution is -0.145. The third-order valence-electron chi connectivity index (χ3n) is 3.87. The molecular formula is C20H29NO5. The minimum absolute atomic E-state index is 0.368. The molecule has 1 saturated heterocycles. The molecule has 0 aliphatic carbocycles. The highest BCUT2D eigenvalue weighted by molar-refractivity contribution is 5.68. The highest BCUT2D eigenvalue weighted by Gasteiger charge is 2.45. The zero-order valence-electron chi connectivity index (χ0n) is 16.4. The van der Waals surface area contributed by atoms with E-state index < -0.39 is 29.6 Å².